The molecular weight excluding hydrogens is 172 g/mol. The molecule has 0 radical (unpaired) electrons. The molecule has 0 spiro atoms. The quantitative estimate of drug-likeness (QED) is 0.463. The Labute approximate surface area is 78.7 Å². The Morgan fingerprint density at radius 2 is 2.25 bits per heavy atom. The normalized spacial score (nSPS) is 12.9. The minimum Gasteiger partial charge on any atom is -0.379 e. The highest BCUT2D eigenvalue weighted by molar-refractivity contribution is 8.04. The summed E-state index contributed by atoms with van der Waals surface area (Å²) >= 11 is 1.26. The maximum Gasteiger partial charge on any atom is 0.133 e. The Morgan fingerprint density at radius 3 is 2.75 bits per heavy atom. The topological polar surface area (TPSA) is 36.3 Å². The first-order chi connectivity index (χ1) is 5.66. The minimum absolute atomic E-state index is 0.275. The lowest BCUT2D eigenvalue weighted by molar-refractivity contribution is 0.121. The van der Waals surface area contributed by atoms with Crippen molar-refractivity contribution < 1.29 is 4.74 Å². The van der Waals surface area contributed by atoms with Crippen LogP contribution in [0.5, 0.6) is 0 Å². The summed E-state index contributed by atoms with van der Waals surface area (Å²) < 4.78 is 5.35. The van der Waals surface area contributed by atoms with Gasteiger partial charge in [0.05, 0.1) is 13.2 Å². The summed E-state index contributed by atoms with van der Waals surface area (Å²) in [5, 5.41) is 10.6. The number of thiocyanates is 1. The molecular formula is C8H16N2OS. The molecule has 0 aliphatic rings. The average Bonchev–Trinajstić information content (AvgIpc) is 1.98. The van der Waals surface area contributed by atoms with E-state index in [2.05, 4.69) is 4.90 Å². The van der Waals surface area contributed by atoms with Crippen LogP contribution in [0.4, 0.5) is 0 Å². The van der Waals surface area contributed by atoms with E-state index in [1.165, 1.54) is 11.8 Å². The molecule has 0 aromatic rings. The summed E-state index contributed by atoms with van der Waals surface area (Å²) in [6.07, 6.45) is 0. The highest BCUT2D eigenvalue weighted by Crippen LogP contribution is 2.07. The number of thioether (sulfide) groups is 1. The predicted octanol–water partition coefficient (Wildman–Crippen LogP) is 1.17. The fourth-order valence-electron chi connectivity index (χ4n) is 0.620. The van der Waals surface area contributed by atoms with Gasteiger partial charge in [-0.3, -0.25) is 0 Å². The highest BCUT2D eigenvalue weighted by atomic mass is 32.2. The first kappa shape index (κ1) is 11.8. The molecule has 0 aliphatic carbocycles. The van der Waals surface area contributed by atoms with Gasteiger partial charge < -0.3 is 9.64 Å². The van der Waals surface area contributed by atoms with Gasteiger partial charge in [0, 0.05) is 11.8 Å². The van der Waals surface area contributed by atoms with Crippen LogP contribution in [0.3, 0.4) is 0 Å². The fourth-order valence-corrected chi connectivity index (χ4v) is 0.965. The minimum atomic E-state index is 0.275. The van der Waals surface area contributed by atoms with Crippen LogP contribution in [0.2, 0.25) is 0 Å². The average molecular weight is 188 g/mol. The molecule has 0 aliphatic heterocycles. The van der Waals surface area contributed by atoms with E-state index in [9.17, 15) is 0 Å². The largest absolute Gasteiger partial charge is 0.379 e. The van der Waals surface area contributed by atoms with Crippen LogP contribution < -0.4 is 0 Å². The van der Waals surface area contributed by atoms with E-state index in [-0.39, 0.29) is 5.25 Å². The lowest BCUT2D eigenvalue weighted by atomic mass is 10.5. The standard InChI is InChI=1S/C8H16N2OS/c1-8(12-7-9)6-11-5-4-10(2)3/h8H,4-6H2,1-3H3. The Kier molecular flexibility index (Phi) is 7.26. The van der Waals surface area contributed by atoms with Gasteiger partial charge >= 0.3 is 0 Å². The number of hydrogen-bond acceptors (Lipinski definition) is 4. The third-order valence-corrected chi connectivity index (χ3v) is 1.93. The van der Waals surface area contributed by atoms with Crippen molar-refractivity contribution in [1.29, 1.82) is 5.26 Å². The highest BCUT2D eigenvalue weighted by Gasteiger charge is 2.01. The molecule has 0 aromatic carbocycles. The lowest BCUT2D eigenvalue weighted by Crippen LogP contribution is -2.19. The third-order valence-electron chi connectivity index (χ3n) is 1.29. The van der Waals surface area contributed by atoms with Gasteiger partial charge in [-0.1, -0.05) is 6.92 Å². The number of hydrogen-bond donors (Lipinski definition) is 0. The Balaban J connectivity index is 3.15. The first-order valence-corrected chi connectivity index (χ1v) is 4.82. The van der Waals surface area contributed by atoms with Gasteiger partial charge in [-0.2, -0.15) is 5.26 Å². The Morgan fingerprint density at radius 1 is 1.58 bits per heavy atom. The van der Waals surface area contributed by atoms with Gasteiger partial charge in [0.15, 0.2) is 0 Å². The molecule has 0 bridgehead atoms. The second-order valence-electron chi connectivity index (χ2n) is 2.90. The van der Waals surface area contributed by atoms with Crippen LogP contribution in [0.15, 0.2) is 0 Å². The third kappa shape index (κ3) is 7.86. The fraction of sp³-hybridized carbons (Fsp3) is 0.875. The Hall–Kier alpha value is -0.240. The molecule has 0 N–H and O–H groups in total. The van der Waals surface area contributed by atoms with Crippen molar-refractivity contribution in [2.24, 2.45) is 0 Å². The van der Waals surface area contributed by atoms with Crippen molar-refractivity contribution in [2.45, 2.75) is 12.2 Å². The zero-order valence-electron chi connectivity index (χ0n) is 7.91. The van der Waals surface area contributed by atoms with Gasteiger partial charge in [-0.25, -0.2) is 0 Å². The number of likely N-dealkylation sites (N-methyl/N-ethyl adjacent to an activating group) is 1. The molecule has 70 valence electrons. The molecule has 0 saturated carbocycles. The Bertz CT molecular complexity index is 144. The van der Waals surface area contributed by atoms with Gasteiger partial charge in [-0.15, -0.1) is 0 Å². The van der Waals surface area contributed by atoms with Crippen molar-refractivity contribution in [3.05, 3.63) is 0 Å². The van der Waals surface area contributed by atoms with E-state index in [1.807, 2.05) is 26.4 Å². The monoisotopic (exact) mass is 188 g/mol. The van der Waals surface area contributed by atoms with Gasteiger partial charge in [-0.05, 0) is 25.9 Å². The molecule has 3 nitrogen and oxygen atoms in total. The molecule has 1 unspecified atom stereocenters. The van der Waals surface area contributed by atoms with Crippen molar-refractivity contribution in [1.82, 2.24) is 4.90 Å². The van der Waals surface area contributed by atoms with Crippen molar-refractivity contribution in [3.63, 3.8) is 0 Å². The molecule has 0 amide bonds. The van der Waals surface area contributed by atoms with Crippen LogP contribution >= 0.6 is 11.8 Å². The summed E-state index contributed by atoms with van der Waals surface area (Å²) in [4.78, 5) is 2.07. The van der Waals surface area contributed by atoms with Crippen molar-refractivity contribution in [3.8, 4) is 5.40 Å². The molecule has 4 heteroatoms. The van der Waals surface area contributed by atoms with Crippen LogP contribution in [-0.2, 0) is 4.74 Å². The predicted molar refractivity (Wildman–Crippen MR) is 52.0 cm³/mol. The maximum atomic E-state index is 8.33. The van der Waals surface area contributed by atoms with E-state index < -0.39 is 0 Å². The second kappa shape index (κ2) is 7.41. The van der Waals surface area contributed by atoms with E-state index in [0.29, 0.717) is 6.61 Å². The van der Waals surface area contributed by atoms with Crippen LogP contribution in [0, 0.1) is 10.7 Å². The van der Waals surface area contributed by atoms with E-state index >= 15 is 0 Å². The molecule has 0 rings (SSSR count). The van der Waals surface area contributed by atoms with Crippen LogP contribution in [0.25, 0.3) is 0 Å². The van der Waals surface area contributed by atoms with Crippen LogP contribution in [-0.4, -0.2) is 44.0 Å². The van der Waals surface area contributed by atoms with E-state index in [0.717, 1.165) is 13.2 Å². The summed E-state index contributed by atoms with van der Waals surface area (Å²) in [6, 6.07) is 0. The van der Waals surface area contributed by atoms with Crippen molar-refractivity contribution >= 4 is 11.8 Å². The first-order valence-electron chi connectivity index (χ1n) is 3.94. The smallest absolute Gasteiger partial charge is 0.133 e. The van der Waals surface area contributed by atoms with Gasteiger partial charge in [0.2, 0.25) is 0 Å². The lowest BCUT2D eigenvalue weighted by Gasteiger charge is -2.11. The molecule has 12 heavy (non-hydrogen) atoms. The zero-order valence-corrected chi connectivity index (χ0v) is 8.73. The summed E-state index contributed by atoms with van der Waals surface area (Å²) in [5.74, 6) is 0. The molecule has 1 atom stereocenters. The number of rotatable bonds is 6. The van der Waals surface area contributed by atoms with Crippen LogP contribution in [0.1, 0.15) is 6.92 Å². The molecule has 0 heterocycles. The van der Waals surface area contributed by atoms with Gasteiger partial charge in [0.25, 0.3) is 0 Å². The summed E-state index contributed by atoms with van der Waals surface area (Å²) in [5.41, 5.74) is 0. The second-order valence-corrected chi connectivity index (χ2v) is 4.12. The van der Waals surface area contributed by atoms with Gasteiger partial charge in [0.1, 0.15) is 5.40 Å². The van der Waals surface area contributed by atoms with E-state index in [1.54, 1.807) is 0 Å². The summed E-state index contributed by atoms with van der Waals surface area (Å²) in [7, 11) is 4.02. The van der Waals surface area contributed by atoms with Crippen molar-refractivity contribution in [2.75, 3.05) is 33.9 Å². The molecule has 0 saturated heterocycles. The number of nitrogens with zero attached hydrogens (tertiary/aromatic N) is 2. The zero-order chi connectivity index (χ0) is 9.40. The van der Waals surface area contributed by atoms with E-state index in [4.69, 9.17) is 10.00 Å². The number of nitriles is 1. The summed E-state index contributed by atoms with van der Waals surface area (Å²) in [6.45, 7) is 4.32. The maximum absolute atomic E-state index is 8.33. The SMILES string of the molecule is CC(COCCN(C)C)SC#N. The molecule has 0 aromatic heterocycles. The number of ether oxygens (including phenoxy) is 1. The molecule has 0 fully saturated rings.